The molecule has 0 heterocycles. The Morgan fingerprint density at radius 2 is 1.54 bits per heavy atom. The smallest absolute Gasteiger partial charge is 0.292 e. The van der Waals surface area contributed by atoms with Crippen molar-refractivity contribution in [3.63, 3.8) is 0 Å². The molecule has 1 amide bonds. The van der Waals surface area contributed by atoms with Crippen LogP contribution in [-0.4, -0.2) is 17.4 Å². The summed E-state index contributed by atoms with van der Waals surface area (Å²) in [5.74, 6) is 0.978. The first-order valence-corrected chi connectivity index (χ1v) is 8.72. The Hall–Kier alpha value is -3.87. The lowest BCUT2D eigenvalue weighted by Gasteiger charge is -2.12. The van der Waals surface area contributed by atoms with Crippen LogP contribution in [0.3, 0.4) is 0 Å². The van der Waals surface area contributed by atoms with Crippen LogP contribution >= 0.6 is 0 Å². The van der Waals surface area contributed by atoms with E-state index < -0.39 is 4.92 Å². The standard InChI is InChI=1S/C21H19N3O4/c25-21(14-15-22-17-10-4-6-12-19(17)24(26)27)23-18-11-5-7-13-20(18)28-16-8-2-1-3-9-16/h1-13,22H,14-15H2,(H,23,25). The van der Waals surface area contributed by atoms with Crippen molar-refractivity contribution in [1.29, 1.82) is 0 Å². The van der Waals surface area contributed by atoms with Gasteiger partial charge in [-0.1, -0.05) is 42.5 Å². The summed E-state index contributed by atoms with van der Waals surface area (Å²) in [6, 6.07) is 22.8. The Morgan fingerprint density at radius 3 is 2.29 bits per heavy atom. The fourth-order valence-electron chi connectivity index (χ4n) is 2.58. The average Bonchev–Trinajstić information content (AvgIpc) is 2.70. The topological polar surface area (TPSA) is 93.5 Å². The van der Waals surface area contributed by atoms with Gasteiger partial charge in [0, 0.05) is 19.0 Å². The molecule has 0 aliphatic heterocycles. The van der Waals surface area contributed by atoms with E-state index in [2.05, 4.69) is 10.6 Å². The Balaban J connectivity index is 1.58. The van der Waals surface area contributed by atoms with Crippen molar-refractivity contribution in [2.45, 2.75) is 6.42 Å². The number of nitrogens with one attached hydrogen (secondary N) is 2. The molecule has 7 nitrogen and oxygen atoms in total. The minimum Gasteiger partial charge on any atom is -0.455 e. The lowest BCUT2D eigenvalue weighted by Crippen LogP contribution is -2.17. The van der Waals surface area contributed by atoms with E-state index in [1.165, 1.54) is 6.07 Å². The first-order valence-electron chi connectivity index (χ1n) is 8.72. The maximum absolute atomic E-state index is 12.3. The number of rotatable bonds is 8. The van der Waals surface area contributed by atoms with Gasteiger partial charge in [0.15, 0.2) is 5.75 Å². The minimum absolute atomic E-state index is 0.0236. The third kappa shape index (κ3) is 5.07. The number of benzene rings is 3. The van der Waals surface area contributed by atoms with Crippen LogP contribution < -0.4 is 15.4 Å². The predicted molar refractivity (Wildman–Crippen MR) is 108 cm³/mol. The molecular formula is C21H19N3O4. The van der Waals surface area contributed by atoms with Gasteiger partial charge in [-0.2, -0.15) is 0 Å². The van der Waals surface area contributed by atoms with E-state index in [4.69, 9.17) is 4.74 Å². The largest absolute Gasteiger partial charge is 0.455 e. The molecule has 28 heavy (non-hydrogen) atoms. The van der Waals surface area contributed by atoms with Crippen LogP contribution in [0.15, 0.2) is 78.9 Å². The second kappa shape index (κ2) is 9.18. The van der Waals surface area contributed by atoms with E-state index in [0.29, 0.717) is 22.9 Å². The molecule has 0 radical (unpaired) electrons. The van der Waals surface area contributed by atoms with Crippen LogP contribution in [0.2, 0.25) is 0 Å². The maximum atomic E-state index is 12.3. The molecular weight excluding hydrogens is 358 g/mol. The summed E-state index contributed by atoms with van der Waals surface area (Å²) < 4.78 is 5.82. The third-order valence-corrected chi connectivity index (χ3v) is 3.90. The van der Waals surface area contributed by atoms with Gasteiger partial charge in [-0.25, -0.2) is 0 Å². The molecule has 3 aromatic rings. The summed E-state index contributed by atoms with van der Waals surface area (Å²) in [6.45, 7) is 0.262. The maximum Gasteiger partial charge on any atom is 0.292 e. The van der Waals surface area contributed by atoms with E-state index in [0.717, 1.165) is 0 Å². The van der Waals surface area contributed by atoms with Gasteiger partial charge in [0.05, 0.1) is 10.6 Å². The second-order valence-corrected chi connectivity index (χ2v) is 5.91. The molecule has 2 N–H and O–H groups in total. The van der Waals surface area contributed by atoms with Crippen molar-refractivity contribution in [3.05, 3.63) is 89.0 Å². The van der Waals surface area contributed by atoms with Crippen molar-refractivity contribution < 1.29 is 14.5 Å². The Morgan fingerprint density at radius 1 is 0.893 bits per heavy atom. The second-order valence-electron chi connectivity index (χ2n) is 5.91. The highest BCUT2D eigenvalue weighted by molar-refractivity contribution is 5.92. The van der Waals surface area contributed by atoms with Gasteiger partial charge >= 0.3 is 0 Å². The molecule has 0 aliphatic rings. The molecule has 0 saturated heterocycles. The minimum atomic E-state index is -0.459. The molecule has 0 spiro atoms. The lowest BCUT2D eigenvalue weighted by atomic mass is 10.2. The first kappa shape index (κ1) is 18.9. The van der Waals surface area contributed by atoms with Crippen LogP contribution in [0.25, 0.3) is 0 Å². The summed E-state index contributed by atoms with van der Waals surface area (Å²) >= 11 is 0. The number of nitrogens with zero attached hydrogens (tertiary/aromatic N) is 1. The zero-order valence-electron chi connectivity index (χ0n) is 15.0. The summed E-state index contributed by atoms with van der Waals surface area (Å²) in [5.41, 5.74) is 0.916. The highest BCUT2D eigenvalue weighted by Gasteiger charge is 2.13. The fraction of sp³-hybridized carbons (Fsp3) is 0.0952. The molecule has 7 heteroatoms. The van der Waals surface area contributed by atoms with Gasteiger partial charge in [0.25, 0.3) is 5.69 Å². The molecule has 0 unspecified atom stereocenters. The number of para-hydroxylation sites is 5. The molecule has 3 rings (SSSR count). The number of hydrogen-bond acceptors (Lipinski definition) is 5. The summed E-state index contributed by atoms with van der Waals surface area (Å²) in [5, 5.41) is 16.8. The molecule has 0 atom stereocenters. The normalized spacial score (nSPS) is 10.1. The number of carbonyl (C=O) groups is 1. The molecule has 0 fully saturated rings. The van der Waals surface area contributed by atoms with E-state index in [1.807, 2.05) is 36.4 Å². The number of nitro benzene ring substituents is 1. The number of hydrogen-bond donors (Lipinski definition) is 2. The van der Waals surface area contributed by atoms with Crippen LogP contribution in [0.4, 0.5) is 17.1 Å². The lowest BCUT2D eigenvalue weighted by molar-refractivity contribution is -0.384. The predicted octanol–water partition coefficient (Wildman–Crippen LogP) is 4.83. The monoisotopic (exact) mass is 377 g/mol. The Bertz CT molecular complexity index is 961. The van der Waals surface area contributed by atoms with Crippen LogP contribution in [0.1, 0.15) is 6.42 Å². The number of anilines is 2. The number of ether oxygens (including phenoxy) is 1. The van der Waals surface area contributed by atoms with E-state index >= 15 is 0 Å². The third-order valence-electron chi connectivity index (χ3n) is 3.90. The first-order chi connectivity index (χ1) is 13.6. The Kier molecular flexibility index (Phi) is 6.20. The summed E-state index contributed by atoms with van der Waals surface area (Å²) in [7, 11) is 0. The van der Waals surface area contributed by atoms with Crippen molar-refractivity contribution >= 4 is 23.0 Å². The SMILES string of the molecule is O=C(CCNc1ccccc1[N+](=O)[O-])Nc1ccccc1Oc1ccccc1. The van der Waals surface area contributed by atoms with E-state index in [1.54, 1.807) is 36.4 Å². The summed E-state index contributed by atoms with van der Waals surface area (Å²) in [4.78, 5) is 22.8. The molecule has 0 aromatic heterocycles. The van der Waals surface area contributed by atoms with Crippen LogP contribution in [0.5, 0.6) is 11.5 Å². The molecule has 0 saturated carbocycles. The fourth-order valence-corrected chi connectivity index (χ4v) is 2.58. The van der Waals surface area contributed by atoms with Gasteiger partial charge in [-0.15, -0.1) is 0 Å². The average molecular weight is 377 g/mol. The Labute approximate surface area is 162 Å². The zero-order valence-corrected chi connectivity index (χ0v) is 15.0. The van der Waals surface area contributed by atoms with Gasteiger partial charge in [-0.05, 0) is 30.3 Å². The van der Waals surface area contributed by atoms with Crippen molar-refractivity contribution in [3.8, 4) is 11.5 Å². The van der Waals surface area contributed by atoms with Crippen molar-refractivity contribution in [1.82, 2.24) is 0 Å². The van der Waals surface area contributed by atoms with Crippen molar-refractivity contribution in [2.75, 3.05) is 17.2 Å². The van der Waals surface area contributed by atoms with Gasteiger partial charge in [-0.3, -0.25) is 14.9 Å². The van der Waals surface area contributed by atoms with Crippen LogP contribution in [-0.2, 0) is 4.79 Å². The quantitative estimate of drug-likeness (QED) is 0.433. The van der Waals surface area contributed by atoms with E-state index in [-0.39, 0.29) is 24.6 Å². The summed E-state index contributed by atoms with van der Waals surface area (Å²) in [6.07, 6.45) is 0.145. The number of amides is 1. The molecule has 142 valence electrons. The number of carbonyl (C=O) groups excluding carboxylic acids is 1. The van der Waals surface area contributed by atoms with Crippen LogP contribution in [0, 0.1) is 10.1 Å². The molecule has 3 aromatic carbocycles. The van der Waals surface area contributed by atoms with Gasteiger partial charge < -0.3 is 15.4 Å². The highest BCUT2D eigenvalue weighted by Crippen LogP contribution is 2.29. The molecule has 0 aliphatic carbocycles. The van der Waals surface area contributed by atoms with E-state index in [9.17, 15) is 14.9 Å². The van der Waals surface area contributed by atoms with Gasteiger partial charge in [0.2, 0.25) is 5.91 Å². The van der Waals surface area contributed by atoms with Gasteiger partial charge in [0.1, 0.15) is 11.4 Å². The molecule has 0 bridgehead atoms. The zero-order chi connectivity index (χ0) is 19.8. The highest BCUT2D eigenvalue weighted by atomic mass is 16.6. The number of nitro groups is 1. The van der Waals surface area contributed by atoms with Crippen molar-refractivity contribution in [2.24, 2.45) is 0 Å².